The molecule has 0 amide bonds. The molecular weight excluding hydrogens is 436 g/mol. The molecule has 34 heavy (non-hydrogen) atoms. The van der Waals surface area contributed by atoms with E-state index in [2.05, 4.69) is 19.9 Å². The summed E-state index contributed by atoms with van der Waals surface area (Å²) in [6.45, 7) is 3.39. The summed E-state index contributed by atoms with van der Waals surface area (Å²) in [5, 5.41) is 9.81. The van der Waals surface area contributed by atoms with Crippen molar-refractivity contribution >= 4 is 23.1 Å². The second-order valence-electron chi connectivity index (χ2n) is 7.99. The lowest BCUT2D eigenvalue weighted by atomic mass is 10.1. The average molecular weight is 463 g/mol. The number of imidazole rings is 1. The van der Waals surface area contributed by atoms with Crippen LogP contribution in [0.25, 0.3) is 22.4 Å². The Morgan fingerprint density at radius 1 is 1.09 bits per heavy atom. The summed E-state index contributed by atoms with van der Waals surface area (Å²) in [6, 6.07) is 7.71. The van der Waals surface area contributed by atoms with Crippen molar-refractivity contribution in [1.82, 2.24) is 29.5 Å². The SMILES string of the molecule is COC(O)c1ccc(CCn2cnc3c(-c4cnc(N)nc4)nc(N4CCOCC4)nc32)cc1. The van der Waals surface area contributed by atoms with Gasteiger partial charge in [-0.3, -0.25) is 0 Å². The maximum atomic E-state index is 9.81. The number of rotatable bonds is 7. The minimum atomic E-state index is -0.919. The fourth-order valence-electron chi connectivity index (χ4n) is 3.90. The van der Waals surface area contributed by atoms with Crippen LogP contribution in [0.15, 0.2) is 43.0 Å². The number of aromatic nitrogens is 6. The van der Waals surface area contributed by atoms with Crippen LogP contribution in [0.5, 0.6) is 0 Å². The molecule has 3 N–H and O–H groups in total. The van der Waals surface area contributed by atoms with Crippen molar-refractivity contribution in [3.05, 3.63) is 54.1 Å². The van der Waals surface area contributed by atoms with Crippen molar-refractivity contribution < 1.29 is 14.6 Å². The molecule has 176 valence electrons. The van der Waals surface area contributed by atoms with Gasteiger partial charge in [0.15, 0.2) is 11.9 Å². The molecule has 11 heteroatoms. The standard InChI is InChI=1S/C23H26N8O3/c1-33-21(32)16-4-2-15(3-5-16)6-7-31-14-27-19-18(17-12-25-22(24)26-13-17)28-23(29-20(19)31)30-8-10-34-11-9-30/h2-5,12-14,21,32H,6-11H2,1H3,(H2,24,25,26). The van der Waals surface area contributed by atoms with Crippen LogP contribution in [0.4, 0.5) is 11.9 Å². The van der Waals surface area contributed by atoms with Crippen LogP contribution < -0.4 is 10.6 Å². The number of hydrogen-bond acceptors (Lipinski definition) is 10. The van der Waals surface area contributed by atoms with Gasteiger partial charge in [0.05, 0.1) is 19.5 Å². The summed E-state index contributed by atoms with van der Waals surface area (Å²) in [7, 11) is 1.47. The Morgan fingerprint density at radius 3 is 2.53 bits per heavy atom. The van der Waals surface area contributed by atoms with Gasteiger partial charge >= 0.3 is 0 Å². The van der Waals surface area contributed by atoms with E-state index < -0.39 is 6.29 Å². The highest BCUT2D eigenvalue weighted by Gasteiger charge is 2.20. The number of fused-ring (bicyclic) bond motifs is 1. The van der Waals surface area contributed by atoms with Crippen LogP contribution in [0.2, 0.25) is 0 Å². The Labute approximate surface area is 196 Å². The van der Waals surface area contributed by atoms with E-state index in [4.69, 9.17) is 25.2 Å². The van der Waals surface area contributed by atoms with Gasteiger partial charge in [0.2, 0.25) is 11.9 Å². The third-order valence-corrected chi connectivity index (χ3v) is 5.82. The van der Waals surface area contributed by atoms with Gasteiger partial charge in [-0.2, -0.15) is 4.98 Å². The smallest absolute Gasteiger partial charge is 0.228 e. The summed E-state index contributed by atoms with van der Waals surface area (Å²) in [5.41, 5.74) is 10.4. The number of methoxy groups -OCH3 is 1. The molecule has 1 aromatic carbocycles. The Hall–Kier alpha value is -3.67. The fraction of sp³-hybridized carbons (Fsp3) is 0.348. The highest BCUT2D eigenvalue weighted by molar-refractivity contribution is 5.88. The van der Waals surface area contributed by atoms with Gasteiger partial charge < -0.3 is 29.8 Å². The van der Waals surface area contributed by atoms with E-state index in [1.54, 1.807) is 18.7 Å². The van der Waals surface area contributed by atoms with E-state index in [0.717, 1.165) is 41.8 Å². The highest BCUT2D eigenvalue weighted by atomic mass is 16.6. The maximum Gasteiger partial charge on any atom is 0.228 e. The van der Waals surface area contributed by atoms with Crippen LogP contribution >= 0.6 is 0 Å². The summed E-state index contributed by atoms with van der Waals surface area (Å²) in [4.78, 5) is 24.7. The normalized spacial score (nSPS) is 15.1. The third-order valence-electron chi connectivity index (χ3n) is 5.82. The molecule has 1 aliphatic heterocycles. The minimum absolute atomic E-state index is 0.206. The Balaban J connectivity index is 1.47. The summed E-state index contributed by atoms with van der Waals surface area (Å²) >= 11 is 0. The predicted molar refractivity (Wildman–Crippen MR) is 126 cm³/mol. The topological polar surface area (TPSA) is 137 Å². The molecule has 1 fully saturated rings. The molecule has 0 saturated carbocycles. The van der Waals surface area contributed by atoms with Crippen LogP contribution in [0, 0.1) is 0 Å². The second kappa shape index (κ2) is 9.67. The first-order chi connectivity index (χ1) is 16.6. The zero-order valence-corrected chi connectivity index (χ0v) is 18.8. The molecule has 3 aromatic heterocycles. The zero-order valence-electron chi connectivity index (χ0n) is 18.8. The molecule has 1 unspecified atom stereocenters. The first kappa shape index (κ1) is 22.1. The van der Waals surface area contributed by atoms with Crippen LogP contribution in [0.3, 0.4) is 0 Å². The molecule has 1 atom stereocenters. The molecule has 4 aromatic rings. The van der Waals surface area contributed by atoms with Crippen molar-refractivity contribution in [3.63, 3.8) is 0 Å². The monoisotopic (exact) mass is 462 g/mol. The van der Waals surface area contributed by atoms with Gasteiger partial charge in [0.25, 0.3) is 0 Å². The lowest BCUT2D eigenvalue weighted by Crippen LogP contribution is -2.37. The lowest BCUT2D eigenvalue weighted by Gasteiger charge is -2.27. The Morgan fingerprint density at radius 2 is 1.82 bits per heavy atom. The lowest BCUT2D eigenvalue weighted by molar-refractivity contribution is -0.0769. The number of nitrogens with zero attached hydrogens (tertiary/aromatic N) is 7. The van der Waals surface area contributed by atoms with E-state index in [9.17, 15) is 5.11 Å². The summed E-state index contributed by atoms with van der Waals surface area (Å²) in [5.74, 6) is 0.833. The number of ether oxygens (including phenoxy) is 2. The summed E-state index contributed by atoms with van der Waals surface area (Å²) in [6.07, 6.45) is 4.95. The Bertz CT molecular complexity index is 1250. The van der Waals surface area contributed by atoms with E-state index in [0.29, 0.717) is 36.9 Å². The Kier molecular flexibility index (Phi) is 6.30. The highest BCUT2D eigenvalue weighted by Crippen LogP contribution is 2.27. The predicted octanol–water partition coefficient (Wildman–Crippen LogP) is 1.58. The van der Waals surface area contributed by atoms with Gasteiger partial charge in [-0.25, -0.2) is 19.9 Å². The van der Waals surface area contributed by atoms with Crippen LogP contribution in [0.1, 0.15) is 17.4 Å². The number of hydrogen-bond donors (Lipinski definition) is 2. The molecule has 1 aliphatic rings. The van der Waals surface area contributed by atoms with Gasteiger partial charge in [0, 0.05) is 50.3 Å². The molecule has 5 rings (SSSR count). The van der Waals surface area contributed by atoms with Crippen molar-refractivity contribution in [2.75, 3.05) is 44.0 Å². The molecule has 0 bridgehead atoms. The largest absolute Gasteiger partial charge is 0.378 e. The molecule has 1 saturated heterocycles. The molecule has 11 nitrogen and oxygen atoms in total. The summed E-state index contributed by atoms with van der Waals surface area (Å²) < 4.78 is 12.5. The number of benzene rings is 1. The molecule has 0 spiro atoms. The quantitative estimate of drug-likeness (QED) is 0.389. The number of morpholine rings is 1. The first-order valence-electron chi connectivity index (χ1n) is 11.1. The number of aliphatic hydroxyl groups excluding tert-OH is 1. The van der Waals surface area contributed by atoms with Crippen LogP contribution in [-0.2, 0) is 22.4 Å². The number of nitrogen functional groups attached to an aromatic ring is 1. The van der Waals surface area contributed by atoms with Gasteiger partial charge in [0.1, 0.15) is 11.2 Å². The zero-order chi connectivity index (χ0) is 23.5. The van der Waals surface area contributed by atoms with Crippen molar-refractivity contribution in [2.45, 2.75) is 19.3 Å². The minimum Gasteiger partial charge on any atom is -0.378 e. The number of anilines is 2. The molecule has 0 aliphatic carbocycles. The number of aliphatic hydroxyl groups is 1. The van der Waals surface area contributed by atoms with Crippen molar-refractivity contribution in [1.29, 1.82) is 0 Å². The fourth-order valence-corrected chi connectivity index (χ4v) is 3.90. The first-order valence-corrected chi connectivity index (χ1v) is 11.1. The molecule has 0 radical (unpaired) electrons. The van der Waals surface area contributed by atoms with Gasteiger partial charge in [-0.15, -0.1) is 0 Å². The van der Waals surface area contributed by atoms with Gasteiger partial charge in [-0.05, 0) is 12.0 Å². The van der Waals surface area contributed by atoms with E-state index in [-0.39, 0.29) is 5.95 Å². The second-order valence-corrected chi connectivity index (χ2v) is 7.99. The van der Waals surface area contributed by atoms with Crippen molar-refractivity contribution in [2.24, 2.45) is 0 Å². The third kappa shape index (κ3) is 4.53. The molecular formula is C23H26N8O3. The van der Waals surface area contributed by atoms with Crippen molar-refractivity contribution in [3.8, 4) is 11.3 Å². The van der Waals surface area contributed by atoms with E-state index in [1.165, 1.54) is 7.11 Å². The maximum absolute atomic E-state index is 9.81. The van der Waals surface area contributed by atoms with Gasteiger partial charge in [-0.1, -0.05) is 24.3 Å². The molecule has 4 heterocycles. The number of aryl methyl sites for hydroxylation is 2. The van der Waals surface area contributed by atoms with E-state index in [1.807, 2.05) is 28.8 Å². The average Bonchev–Trinajstić information content (AvgIpc) is 3.31. The van der Waals surface area contributed by atoms with E-state index >= 15 is 0 Å². The van der Waals surface area contributed by atoms with Crippen LogP contribution in [-0.4, -0.2) is 68.0 Å². The number of nitrogens with two attached hydrogens (primary N) is 1.